The Morgan fingerprint density at radius 1 is 1.32 bits per heavy atom. The van der Waals surface area contributed by atoms with Gasteiger partial charge in [0.2, 0.25) is 0 Å². The van der Waals surface area contributed by atoms with E-state index in [1.165, 1.54) is 0 Å². The zero-order chi connectivity index (χ0) is 13.5. The first-order valence-electron chi connectivity index (χ1n) is 6.40. The molecule has 5 heteroatoms. The zero-order valence-electron chi connectivity index (χ0n) is 10.9. The summed E-state index contributed by atoms with van der Waals surface area (Å²) in [6.45, 7) is 2.68. The van der Waals surface area contributed by atoms with Crippen LogP contribution in [0.1, 0.15) is 25.5 Å². The van der Waals surface area contributed by atoms with Crippen molar-refractivity contribution >= 4 is 0 Å². The number of hydrogen-bond acceptors (Lipinski definition) is 4. The summed E-state index contributed by atoms with van der Waals surface area (Å²) in [4.78, 5) is 0. The van der Waals surface area contributed by atoms with Crippen LogP contribution in [0.2, 0.25) is 0 Å². The number of nitrogens with one attached hydrogen (secondary N) is 2. The Labute approximate surface area is 112 Å². The molecular formula is C14H17N5. The highest BCUT2D eigenvalue weighted by molar-refractivity contribution is 5.60. The predicted molar refractivity (Wildman–Crippen MR) is 73.0 cm³/mol. The van der Waals surface area contributed by atoms with Crippen molar-refractivity contribution in [1.29, 1.82) is 5.26 Å². The molecule has 5 nitrogen and oxygen atoms in total. The van der Waals surface area contributed by atoms with Crippen LogP contribution in [0.3, 0.4) is 0 Å². The second kappa shape index (κ2) is 6.66. The van der Waals surface area contributed by atoms with Gasteiger partial charge in [-0.3, -0.25) is 0 Å². The largest absolute Gasteiger partial charge is 0.307 e. The Bertz CT molecular complexity index is 540. The molecule has 1 aromatic heterocycles. The average molecular weight is 255 g/mol. The number of aromatic amines is 1. The lowest BCUT2D eigenvalue weighted by Crippen LogP contribution is -2.27. The monoisotopic (exact) mass is 255 g/mol. The molecule has 0 spiro atoms. The standard InChI is InChI=1S/C14H17N5/c1-2-12(8-9-15)16-10-13-14(18-19-17-13)11-6-4-3-5-7-11/h3-7,12,16H,2,8,10H2,1H3,(H,17,18,19). The summed E-state index contributed by atoms with van der Waals surface area (Å²) in [5.74, 6) is 0. The highest BCUT2D eigenvalue weighted by Gasteiger charge is 2.12. The van der Waals surface area contributed by atoms with Crippen molar-refractivity contribution in [2.75, 3.05) is 0 Å². The Hall–Kier alpha value is -2.19. The fourth-order valence-corrected chi connectivity index (χ4v) is 1.92. The van der Waals surface area contributed by atoms with Crippen LogP contribution in [0.15, 0.2) is 30.3 Å². The number of H-pyrrole nitrogens is 1. The summed E-state index contributed by atoms with van der Waals surface area (Å²) in [6, 6.07) is 12.3. The summed E-state index contributed by atoms with van der Waals surface area (Å²) >= 11 is 0. The van der Waals surface area contributed by atoms with E-state index >= 15 is 0 Å². The molecule has 2 rings (SSSR count). The lowest BCUT2D eigenvalue weighted by molar-refractivity contribution is 0.501. The van der Waals surface area contributed by atoms with Crippen molar-refractivity contribution < 1.29 is 0 Å². The third-order valence-electron chi connectivity index (χ3n) is 3.06. The second-order valence-corrected chi connectivity index (χ2v) is 4.33. The van der Waals surface area contributed by atoms with Gasteiger partial charge in [0.05, 0.1) is 12.5 Å². The van der Waals surface area contributed by atoms with Gasteiger partial charge in [-0.1, -0.05) is 37.3 Å². The van der Waals surface area contributed by atoms with Gasteiger partial charge < -0.3 is 5.32 Å². The first-order chi connectivity index (χ1) is 9.35. The Morgan fingerprint density at radius 2 is 2.11 bits per heavy atom. The molecule has 0 aliphatic rings. The Morgan fingerprint density at radius 3 is 2.79 bits per heavy atom. The van der Waals surface area contributed by atoms with E-state index < -0.39 is 0 Å². The average Bonchev–Trinajstić information content (AvgIpc) is 2.93. The molecule has 1 atom stereocenters. The molecule has 0 saturated carbocycles. The molecule has 0 bridgehead atoms. The van der Waals surface area contributed by atoms with Crippen LogP contribution in [-0.2, 0) is 6.54 Å². The van der Waals surface area contributed by atoms with Crippen LogP contribution in [0.5, 0.6) is 0 Å². The predicted octanol–water partition coefficient (Wildman–Crippen LogP) is 2.25. The lowest BCUT2D eigenvalue weighted by atomic mass is 10.1. The number of nitrogens with zero attached hydrogens (tertiary/aromatic N) is 3. The fraction of sp³-hybridized carbons (Fsp3) is 0.357. The molecule has 0 aliphatic heterocycles. The second-order valence-electron chi connectivity index (χ2n) is 4.33. The number of benzene rings is 1. The van der Waals surface area contributed by atoms with Crippen LogP contribution in [0.25, 0.3) is 11.3 Å². The molecular weight excluding hydrogens is 238 g/mol. The van der Waals surface area contributed by atoms with Crippen LogP contribution in [0.4, 0.5) is 0 Å². The number of hydrogen-bond donors (Lipinski definition) is 2. The molecule has 0 amide bonds. The van der Waals surface area contributed by atoms with E-state index in [2.05, 4.69) is 33.7 Å². The van der Waals surface area contributed by atoms with Crippen molar-refractivity contribution in [3.63, 3.8) is 0 Å². The molecule has 2 aromatic rings. The van der Waals surface area contributed by atoms with Gasteiger partial charge in [-0.15, -0.1) is 0 Å². The summed E-state index contributed by atoms with van der Waals surface area (Å²) in [5.41, 5.74) is 2.78. The van der Waals surface area contributed by atoms with Crippen LogP contribution < -0.4 is 5.32 Å². The Kier molecular flexibility index (Phi) is 4.65. The summed E-state index contributed by atoms with van der Waals surface area (Å²) < 4.78 is 0. The first-order valence-corrected chi connectivity index (χ1v) is 6.40. The van der Waals surface area contributed by atoms with Crippen molar-refractivity contribution in [3.8, 4) is 17.3 Å². The number of aromatic nitrogens is 3. The van der Waals surface area contributed by atoms with Crippen LogP contribution in [0, 0.1) is 11.3 Å². The highest BCUT2D eigenvalue weighted by Crippen LogP contribution is 2.18. The highest BCUT2D eigenvalue weighted by atomic mass is 15.3. The van der Waals surface area contributed by atoms with Crippen LogP contribution in [-0.4, -0.2) is 21.5 Å². The maximum Gasteiger partial charge on any atom is 0.117 e. The van der Waals surface area contributed by atoms with Crippen LogP contribution >= 0.6 is 0 Å². The van der Waals surface area contributed by atoms with Gasteiger partial charge in [-0.05, 0) is 6.42 Å². The zero-order valence-corrected chi connectivity index (χ0v) is 10.9. The minimum Gasteiger partial charge on any atom is -0.307 e. The summed E-state index contributed by atoms with van der Waals surface area (Å²) in [7, 11) is 0. The summed E-state index contributed by atoms with van der Waals surface area (Å²) in [6.07, 6.45) is 1.43. The van der Waals surface area contributed by atoms with Crippen molar-refractivity contribution in [1.82, 2.24) is 20.7 Å². The fourth-order valence-electron chi connectivity index (χ4n) is 1.92. The third-order valence-corrected chi connectivity index (χ3v) is 3.06. The molecule has 1 heterocycles. The van der Waals surface area contributed by atoms with E-state index in [0.29, 0.717) is 13.0 Å². The third kappa shape index (κ3) is 3.39. The minimum atomic E-state index is 0.199. The van der Waals surface area contributed by atoms with Gasteiger partial charge in [0.15, 0.2) is 0 Å². The smallest absolute Gasteiger partial charge is 0.117 e. The van der Waals surface area contributed by atoms with Crippen molar-refractivity contribution in [2.45, 2.75) is 32.4 Å². The van der Waals surface area contributed by atoms with Gasteiger partial charge >= 0.3 is 0 Å². The molecule has 0 saturated heterocycles. The molecule has 98 valence electrons. The van der Waals surface area contributed by atoms with E-state index in [4.69, 9.17) is 5.26 Å². The molecule has 2 N–H and O–H groups in total. The Balaban J connectivity index is 2.07. The quantitative estimate of drug-likeness (QED) is 0.830. The molecule has 0 aliphatic carbocycles. The van der Waals surface area contributed by atoms with E-state index in [0.717, 1.165) is 23.4 Å². The maximum absolute atomic E-state index is 8.73. The molecule has 19 heavy (non-hydrogen) atoms. The molecule has 0 fully saturated rings. The van der Waals surface area contributed by atoms with Gasteiger partial charge in [0.1, 0.15) is 11.4 Å². The minimum absolute atomic E-state index is 0.199. The number of nitriles is 1. The lowest BCUT2D eigenvalue weighted by Gasteiger charge is -2.12. The van der Waals surface area contributed by atoms with E-state index in [-0.39, 0.29) is 6.04 Å². The normalized spacial score (nSPS) is 12.0. The molecule has 0 radical (unpaired) electrons. The SMILES string of the molecule is CCC(CC#N)NCc1n[nH]nc1-c1ccccc1. The van der Waals surface area contributed by atoms with Gasteiger partial charge in [0.25, 0.3) is 0 Å². The van der Waals surface area contributed by atoms with E-state index in [9.17, 15) is 0 Å². The van der Waals surface area contributed by atoms with E-state index in [1.807, 2.05) is 30.3 Å². The number of rotatable bonds is 6. The molecule has 1 unspecified atom stereocenters. The topological polar surface area (TPSA) is 77.4 Å². The molecule has 1 aromatic carbocycles. The van der Waals surface area contributed by atoms with Gasteiger partial charge in [-0.25, -0.2) is 0 Å². The van der Waals surface area contributed by atoms with Gasteiger partial charge in [0, 0.05) is 18.2 Å². The summed E-state index contributed by atoms with van der Waals surface area (Å²) in [5, 5.41) is 23.1. The first kappa shape index (κ1) is 13.2. The van der Waals surface area contributed by atoms with Crippen molar-refractivity contribution in [2.24, 2.45) is 0 Å². The van der Waals surface area contributed by atoms with E-state index in [1.54, 1.807) is 0 Å². The maximum atomic E-state index is 8.73. The van der Waals surface area contributed by atoms with Gasteiger partial charge in [-0.2, -0.15) is 20.7 Å². The van der Waals surface area contributed by atoms with Crippen molar-refractivity contribution in [3.05, 3.63) is 36.0 Å².